The highest BCUT2D eigenvalue weighted by atomic mass is 16.6. The second-order valence-corrected chi connectivity index (χ2v) is 6.96. The highest BCUT2D eigenvalue weighted by Crippen LogP contribution is 2.36. The third-order valence-corrected chi connectivity index (χ3v) is 4.64. The van der Waals surface area contributed by atoms with E-state index in [1.54, 1.807) is 0 Å². The van der Waals surface area contributed by atoms with Crippen LogP contribution in [-0.4, -0.2) is 61.7 Å². The Morgan fingerprint density at radius 2 is 1.83 bits per heavy atom. The lowest BCUT2D eigenvalue weighted by Crippen LogP contribution is -2.46. The number of hydrogen-bond acceptors (Lipinski definition) is 10. The van der Waals surface area contributed by atoms with Crippen LogP contribution in [0.2, 0.25) is 0 Å². The SMILES string of the molecule is CC(=O)OC1[C@@H](C(=O)NC2CC2)O[C@@H](n2cnc3c(N)ncnc32)[C@H]1OC(C)=O. The molecule has 1 aliphatic carbocycles. The first kappa shape index (κ1) is 19.1. The molecule has 1 aliphatic heterocycles. The van der Waals surface area contributed by atoms with Crippen LogP contribution < -0.4 is 11.1 Å². The molecule has 1 saturated carbocycles. The molecule has 0 radical (unpaired) electrons. The van der Waals surface area contributed by atoms with Crippen LogP contribution in [0.3, 0.4) is 0 Å². The fourth-order valence-corrected chi connectivity index (χ4v) is 3.28. The summed E-state index contributed by atoms with van der Waals surface area (Å²) < 4.78 is 18.1. The number of nitrogen functional groups attached to an aromatic ring is 1. The Labute approximate surface area is 164 Å². The summed E-state index contributed by atoms with van der Waals surface area (Å²) in [5.41, 5.74) is 6.48. The molecule has 12 heteroatoms. The molecule has 154 valence electrons. The number of amides is 1. The lowest BCUT2D eigenvalue weighted by Gasteiger charge is -2.23. The van der Waals surface area contributed by atoms with Gasteiger partial charge in [0.2, 0.25) is 0 Å². The van der Waals surface area contributed by atoms with E-state index in [9.17, 15) is 14.4 Å². The first-order valence-corrected chi connectivity index (χ1v) is 9.08. The van der Waals surface area contributed by atoms with Gasteiger partial charge in [-0.05, 0) is 12.8 Å². The van der Waals surface area contributed by atoms with Crippen LogP contribution in [0.5, 0.6) is 0 Å². The zero-order valence-electron chi connectivity index (χ0n) is 15.8. The van der Waals surface area contributed by atoms with Gasteiger partial charge in [0.1, 0.15) is 11.8 Å². The number of ether oxygens (including phenoxy) is 3. The molecule has 0 bridgehead atoms. The van der Waals surface area contributed by atoms with Gasteiger partial charge >= 0.3 is 11.9 Å². The number of hydrogen-bond donors (Lipinski definition) is 2. The Bertz CT molecular complexity index is 972. The number of nitrogens with zero attached hydrogens (tertiary/aromatic N) is 4. The summed E-state index contributed by atoms with van der Waals surface area (Å²) >= 11 is 0. The number of anilines is 1. The van der Waals surface area contributed by atoms with E-state index < -0.39 is 42.4 Å². The fraction of sp³-hybridized carbons (Fsp3) is 0.529. The molecule has 0 aromatic carbocycles. The topological polar surface area (TPSA) is 161 Å². The number of fused-ring (bicyclic) bond motifs is 1. The maximum Gasteiger partial charge on any atom is 0.303 e. The van der Waals surface area contributed by atoms with Crippen LogP contribution in [0.4, 0.5) is 5.82 Å². The van der Waals surface area contributed by atoms with E-state index in [0.717, 1.165) is 12.8 Å². The van der Waals surface area contributed by atoms with Gasteiger partial charge in [0.15, 0.2) is 36.0 Å². The first-order chi connectivity index (χ1) is 13.8. The van der Waals surface area contributed by atoms with Gasteiger partial charge in [-0.15, -0.1) is 0 Å². The number of carbonyl (C=O) groups excluding carboxylic acids is 3. The van der Waals surface area contributed by atoms with Gasteiger partial charge in [0.05, 0.1) is 6.33 Å². The van der Waals surface area contributed by atoms with Crippen molar-refractivity contribution in [3.05, 3.63) is 12.7 Å². The van der Waals surface area contributed by atoms with Crippen molar-refractivity contribution in [2.75, 3.05) is 5.73 Å². The first-order valence-electron chi connectivity index (χ1n) is 9.08. The Morgan fingerprint density at radius 1 is 1.14 bits per heavy atom. The number of rotatable bonds is 5. The van der Waals surface area contributed by atoms with E-state index in [2.05, 4.69) is 20.3 Å². The number of nitrogens with two attached hydrogens (primary N) is 1. The van der Waals surface area contributed by atoms with Gasteiger partial charge in [-0.25, -0.2) is 15.0 Å². The van der Waals surface area contributed by atoms with E-state index in [0.29, 0.717) is 11.2 Å². The molecular weight excluding hydrogens is 384 g/mol. The smallest absolute Gasteiger partial charge is 0.303 e. The monoisotopic (exact) mass is 404 g/mol. The standard InChI is InChI=1S/C17H20N6O6/c1-7(24)27-11-12(16(26)22-9-3-4-9)29-17(13(11)28-8(2)25)23-6-21-10-14(18)19-5-20-15(10)23/h5-6,9,11-13,17H,3-4H2,1-2H3,(H,22,26)(H2,18,19,20)/t11?,12-,13-,17+/m0/s1. The molecule has 0 spiro atoms. The summed E-state index contributed by atoms with van der Waals surface area (Å²) in [5, 5.41) is 2.82. The van der Waals surface area contributed by atoms with E-state index in [1.165, 1.54) is 31.1 Å². The zero-order chi connectivity index (χ0) is 20.7. The molecule has 4 atom stereocenters. The summed E-state index contributed by atoms with van der Waals surface area (Å²) in [5.74, 6) is -1.54. The van der Waals surface area contributed by atoms with Crippen molar-refractivity contribution in [1.82, 2.24) is 24.8 Å². The molecule has 1 saturated heterocycles. The Balaban J connectivity index is 1.73. The molecular formula is C17H20N6O6. The summed E-state index contributed by atoms with van der Waals surface area (Å²) in [6.45, 7) is 2.42. The van der Waals surface area contributed by atoms with Gasteiger partial charge in [0.25, 0.3) is 5.91 Å². The fourth-order valence-electron chi connectivity index (χ4n) is 3.28. The van der Waals surface area contributed by atoms with Crippen LogP contribution in [-0.2, 0) is 28.6 Å². The van der Waals surface area contributed by atoms with Gasteiger partial charge in [0, 0.05) is 19.9 Å². The second-order valence-electron chi connectivity index (χ2n) is 6.96. The van der Waals surface area contributed by atoms with Crippen molar-refractivity contribution in [2.24, 2.45) is 0 Å². The summed E-state index contributed by atoms with van der Waals surface area (Å²) in [6.07, 6.45) is -0.0409. The minimum Gasteiger partial charge on any atom is -0.455 e. The maximum atomic E-state index is 12.7. The minimum atomic E-state index is -1.18. The highest BCUT2D eigenvalue weighted by Gasteiger charge is 2.54. The number of imidazole rings is 1. The maximum absolute atomic E-state index is 12.7. The zero-order valence-corrected chi connectivity index (χ0v) is 15.8. The van der Waals surface area contributed by atoms with Crippen molar-refractivity contribution in [2.45, 2.75) is 57.3 Å². The number of carbonyl (C=O) groups is 3. The van der Waals surface area contributed by atoms with E-state index in [-0.39, 0.29) is 11.9 Å². The number of aromatic nitrogens is 4. The molecule has 4 rings (SSSR count). The molecule has 12 nitrogen and oxygen atoms in total. The van der Waals surface area contributed by atoms with Gasteiger partial charge in [-0.1, -0.05) is 0 Å². The van der Waals surface area contributed by atoms with E-state index >= 15 is 0 Å². The van der Waals surface area contributed by atoms with Crippen LogP contribution in [0.15, 0.2) is 12.7 Å². The average Bonchev–Trinajstić information content (AvgIpc) is 3.24. The summed E-state index contributed by atoms with van der Waals surface area (Å²) in [6, 6.07) is 0.0666. The van der Waals surface area contributed by atoms with Crippen molar-refractivity contribution >= 4 is 34.8 Å². The lowest BCUT2D eigenvalue weighted by molar-refractivity contribution is -0.166. The van der Waals surface area contributed by atoms with Crippen LogP contribution in [0.1, 0.15) is 32.9 Å². The Hall–Kier alpha value is -3.28. The third-order valence-electron chi connectivity index (χ3n) is 4.64. The Morgan fingerprint density at radius 3 is 2.48 bits per heavy atom. The molecule has 1 amide bonds. The normalized spacial score (nSPS) is 26.3. The molecule has 3 heterocycles. The van der Waals surface area contributed by atoms with Gasteiger partial charge in [-0.3, -0.25) is 19.0 Å². The van der Waals surface area contributed by atoms with E-state index in [4.69, 9.17) is 19.9 Å². The van der Waals surface area contributed by atoms with Gasteiger partial charge in [-0.2, -0.15) is 0 Å². The number of nitrogens with one attached hydrogen (secondary N) is 1. The molecule has 3 N–H and O–H groups in total. The molecule has 2 aromatic rings. The predicted molar refractivity (Wildman–Crippen MR) is 95.9 cm³/mol. The van der Waals surface area contributed by atoms with Crippen molar-refractivity contribution in [3.8, 4) is 0 Å². The molecule has 2 aromatic heterocycles. The van der Waals surface area contributed by atoms with Crippen LogP contribution >= 0.6 is 0 Å². The largest absolute Gasteiger partial charge is 0.455 e. The average molecular weight is 404 g/mol. The predicted octanol–water partition coefficient (Wildman–Crippen LogP) is -0.552. The molecule has 2 aliphatic rings. The summed E-state index contributed by atoms with van der Waals surface area (Å²) in [7, 11) is 0. The molecule has 2 fully saturated rings. The number of esters is 2. The second kappa shape index (κ2) is 7.28. The van der Waals surface area contributed by atoms with Crippen molar-refractivity contribution < 1.29 is 28.6 Å². The summed E-state index contributed by atoms with van der Waals surface area (Å²) in [4.78, 5) is 48.3. The van der Waals surface area contributed by atoms with Crippen molar-refractivity contribution in [1.29, 1.82) is 0 Å². The quantitative estimate of drug-likeness (QED) is 0.619. The Kier molecular flexibility index (Phi) is 4.78. The van der Waals surface area contributed by atoms with E-state index in [1.807, 2.05) is 0 Å². The van der Waals surface area contributed by atoms with Crippen molar-refractivity contribution in [3.63, 3.8) is 0 Å². The lowest BCUT2D eigenvalue weighted by atomic mass is 10.1. The van der Waals surface area contributed by atoms with Crippen LogP contribution in [0.25, 0.3) is 11.2 Å². The molecule has 1 unspecified atom stereocenters. The molecule has 29 heavy (non-hydrogen) atoms. The highest BCUT2D eigenvalue weighted by molar-refractivity contribution is 5.84. The third kappa shape index (κ3) is 3.70. The van der Waals surface area contributed by atoms with Gasteiger partial charge < -0.3 is 25.3 Å². The minimum absolute atomic E-state index is 0.0666. The van der Waals surface area contributed by atoms with Crippen LogP contribution in [0, 0.1) is 0 Å².